The fraction of sp³-hybridized carbons (Fsp3) is 0.312. The van der Waals surface area contributed by atoms with Gasteiger partial charge in [-0.25, -0.2) is 4.98 Å². The van der Waals surface area contributed by atoms with E-state index < -0.39 is 0 Å². The highest BCUT2D eigenvalue weighted by Gasteiger charge is 2.14. The Morgan fingerprint density at radius 3 is 2.95 bits per heavy atom. The SMILES string of the molecule is C/C(=C\c1ccccc1)c1nc2c(s1)NCCCC2. The number of anilines is 1. The molecule has 0 saturated carbocycles. The fourth-order valence-corrected chi connectivity index (χ4v) is 3.32. The third-order valence-electron chi connectivity index (χ3n) is 3.34. The van der Waals surface area contributed by atoms with Crippen LogP contribution in [0.25, 0.3) is 11.6 Å². The molecule has 1 N–H and O–H groups in total. The van der Waals surface area contributed by atoms with Crippen molar-refractivity contribution in [3.05, 3.63) is 46.6 Å². The molecule has 1 aliphatic heterocycles. The molecule has 2 nitrogen and oxygen atoms in total. The number of thiazole rings is 1. The van der Waals surface area contributed by atoms with Gasteiger partial charge in [-0.2, -0.15) is 0 Å². The van der Waals surface area contributed by atoms with Crippen molar-refractivity contribution in [2.75, 3.05) is 11.9 Å². The number of hydrogen-bond acceptors (Lipinski definition) is 3. The quantitative estimate of drug-likeness (QED) is 0.872. The van der Waals surface area contributed by atoms with E-state index in [1.807, 2.05) is 6.07 Å². The molecule has 0 spiro atoms. The molecule has 98 valence electrons. The highest BCUT2D eigenvalue weighted by atomic mass is 32.1. The average Bonchev–Trinajstić information content (AvgIpc) is 2.72. The Bertz CT molecular complexity index is 561. The summed E-state index contributed by atoms with van der Waals surface area (Å²) in [6, 6.07) is 10.4. The lowest BCUT2D eigenvalue weighted by Gasteiger charge is -1.98. The van der Waals surface area contributed by atoms with Crippen LogP contribution in [0.5, 0.6) is 0 Å². The molecular formula is C16H18N2S. The molecule has 0 amide bonds. The lowest BCUT2D eigenvalue weighted by atomic mass is 10.1. The lowest BCUT2D eigenvalue weighted by molar-refractivity contribution is 0.774. The normalized spacial score (nSPS) is 15.5. The molecule has 0 bridgehead atoms. The third-order valence-corrected chi connectivity index (χ3v) is 4.53. The predicted molar refractivity (Wildman–Crippen MR) is 83.5 cm³/mol. The first-order valence-electron chi connectivity index (χ1n) is 6.80. The number of nitrogens with one attached hydrogen (secondary N) is 1. The molecule has 2 aromatic rings. The second-order valence-electron chi connectivity index (χ2n) is 4.92. The van der Waals surface area contributed by atoms with Crippen molar-refractivity contribution >= 4 is 28.0 Å². The zero-order chi connectivity index (χ0) is 13.1. The maximum Gasteiger partial charge on any atom is 0.121 e. The first kappa shape index (κ1) is 12.4. The van der Waals surface area contributed by atoms with Gasteiger partial charge in [0.2, 0.25) is 0 Å². The van der Waals surface area contributed by atoms with E-state index in [0.717, 1.165) is 18.0 Å². The summed E-state index contributed by atoms with van der Waals surface area (Å²) in [5.74, 6) is 0. The molecule has 19 heavy (non-hydrogen) atoms. The minimum Gasteiger partial charge on any atom is -0.375 e. The Morgan fingerprint density at radius 1 is 1.26 bits per heavy atom. The summed E-state index contributed by atoms with van der Waals surface area (Å²) in [6.07, 6.45) is 5.80. The molecule has 0 saturated heterocycles. The maximum absolute atomic E-state index is 4.79. The summed E-state index contributed by atoms with van der Waals surface area (Å²) in [5.41, 5.74) is 3.72. The van der Waals surface area contributed by atoms with Crippen molar-refractivity contribution < 1.29 is 0 Å². The first-order chi connectivity index (χ1) is 9.33. The molecule has 0 aliphatic carbocycles. The van der Waals surface area contributed by atoms with Crippen LogP contribution in [0.1, 0.15) is 36.0 Å². The van der Waals surface area contributed by atoms with Gasteiger partial charge in [0.25, 0.3) is 0 Å². The smallest absolute Gasteiger partial charge is 0.121 e. The second-order valence-corrected chi connectivity index (χ2v) is 5.92. The van der Waals surface area contributed by atoms with Crippen LogP contribution < -0.4 is 5.32 Å². The maximum atomic E-state index is 4.79. The number of rotatable bonds is 2. The van der Waals surface area contributed by atoms with Crippen LogP contribution in [0.3, 0.4) is 0 Å². The minimum atomic E-state index is 1.08. The van der Waals surface area contributed by atoms with E-state index in [0.29, 0.717) is 0 Å². The van der Waals surface area contributed by atoms with Crippen LogP contribution in [0.2, 0.25) is 0 Å². The van der Waals surface area contributed by atoms with E-state index >= 15 is 0 Å². The molecule has 3 rings (SSSR count). The van der Waals surface area contributed by atoms with Gasteiger partial charge in [0.15, 0.2) is 0 Å². The molecule has 0 atom stereocenters. The van der Waals surface area contributed by atoms with Crippen molar-refractivity contribution in [1.29, 1.82) is 0 Å². The van der Waals surface area contributed by atoms with Gasteiger partial charge in [-0.15, -0.1) is 0 Å². The number of nitrogens with zero attached hydrogens (tertiary/aromatic N) is 1. The summed E-state index contributed by atoms with van der Waals surface area (Å²) in [7, 11) is 0. The van der Waals surface area contributed by atoms with Crippen LogP contribution in [0.4, 0.5) is 5.00 Å². The van der Waals surface area contributed by atoms with Crippen molar-refractivity contribution in [2.24, 2.45) is 0 Å². The first-order valence-corrected chi connectivity index (χ1v) is 7.62. The molecule has 0 unspecified atom stereocenters. The zero-order valence-electron chi connectivity index (χ0n) is 11.1. The van der Waals surface area contributed by atoms with Gasteiger partial charge in [0.1, 0.15) is 10.0 Å². The summed E-state index contributed by atoms with van der Waals surface area (Å²) >= 11 is 1.79. The Labute approximate surface area is 118 Å². The van der Waals surface area contributed by atoms with Crippen molar-refractivity contribution in [3.63, 3.8) is 0 Å². The number of aryl methyl sites for hydroxylation is 1. The Kier molecular flexibility index (Phi) is 3.65. The number of hydrogen-bond donors (Lipinski definition) is 1. The monoisotopic (exact) mass is 270 g/mol. The third kappa shape index (κ3) is 2.87. The van der Waals surface area contributed by atoms with E-state index in [2.05, 4.69) is 42.6 Å². The number of allylic oxidation sites excluding steroid dienone is 1. The second kappa shape index (κ2) is 5.57. The van der Waals surface area contributed by atoms with Crippen molar-refractivity contribution in [1.82, 2.24) is 4.98 Å². The lowest BCUT2D eigenvalue weighted by Crippen LogP contribution is -1.96. The molecular weight excluding hydrogens is 252 g/mol. The summed E-state index contributed by atoms with van der Waals surface area (Å²) in [5, 5.41) is 5.91. The molecule has 1 aliphatic rings. The summed E-state index contributed by atoms with van der Waals surface area (Å²) < 4.78 is 0. The summed E-state index contributed by atoms with van der Waals surface area (Å²) in [6.45, 7) is 3.22. The highest BCUT2D eigenvalue weighted by Crippen LogP contribution is 2.32. The number of benzene rings is 1. The van der Waals surface area contributed by atoms with Crippen LogP contribution >= 0.6 is 11.3 Å². The van der Waals surface area contributed by atoms with Gasteiger partial charge in [0.05, 0.1) is 5.69 Å². The van der Waals surface area contributed by atoms with Crippen LogP contribution in [-0.4, -0.2) is 11.5 Å². The molecule has 2 heterocycles. The van der Waals surface area contributed by atoms with Gasteiger partial charge < -0.3 is 5.32 Å². The van der Waals surface area contributed by atoms with Gasteiger partial charge >= 0.3 is 0 Å². The predicted octanol–water partition coefficient (Wildman–Crippen LogP) is 4.45. The molecule has 0 fully saturated rings. The Morgan fingerprint density at radius 2 is 2.11 bits per heavy atom. The highest BCUT2D eigenvalue weighted by molar-refractivity contribution is 7.16. The van der Waals surface area contributed by atoms with Gasteiger partial charge in [-0.1, -0.05) is 41.7 Å². The zero-order valence-corrected chi connectivity index (χ0v) is 12.0. The van der Waals surface area contributed by atoms with E-state index in [4.69, 9.17) is 4.98 Å². The van der Waals surface area contributed by atoms with Crippen molar-refractivity contribution in [2.45, 2.75) is 26.2 Å². The standard InChI is InChI=1S/C16H18N2S/c1-12(11-13-7-3-2-4-8-13)15-18-14-9-5-6-10-17-16(14)19-15/h2-4,7-8,11,17H,5-6,9-10H2,1H3/b12-11+. The van der Waals surface area contributed by atoms with Crippen LogP contribution in [0.15, 0.2) is 30.3 Å². The Hall–Kier alpha value is -1.61. The van der Waals surface area contributed by atoms with E-state index in [9.17, 15) is 0 Å². The van der Waals surface area contributed by atoms with Crippen LogP contribution in [0, 0.1) is 0 Å². The van der Waals surface area contributed by atoms with E-state index in [-0.39, 0.29) is 0 Å². The van der Waals surface area contributed by atoms with E-state index in [1.165, 1.54) is 34.7 Å². The Balaban J connectivity index is 1.88. The fourth-order valence-electron chi connectivity index (χ4n) is 2.31. The average molecular weight is 270 g/mol. The summed E-state index contributed by atoms with van der Waals surface area (Å²) in [4.78, 5) is 4.79. The van der Waals surface area contributed by atoms with Gasteiger partial charge in [-0.05, 0) is 43.4 Å². The number of fused-ring (bicyclic) bond motifs is 1. The topological polar surface area (TPSA) is 24.9 Å². The van der Waals surface area contributed by atoms with Gasteiger partial charge in [0, 0.05) is 6.54 Å². The van der Waals surface area contributed by atoms with Crippen LogP contribution in [-0.2, 0) is 6.42 Å². The number of aromatic nitrogens is 1. The minimum absolute atomic E-state index is 1.08. The van der Waals surface area contributed by atoms with Crippen molar-refractivity contribution in [3.8, 4) is 0 Å². The van der Waals surface area contributed by atoms with Gasteiger partial charge in [-0.3, -0.25) is 0 Å². The molecule has 3 heteroatoms. The largest absolute Gasteiger partial charge is 0.375 e. The van der Waals surface area contributed by atoms with E-state index in [1.54, 1.807) is 11.3 Å². The molecule has 0 radical (unpaired) electrons. The molecule has 1 aromatic heterocycles. The molecule has 1 aromatic carbocycles.